The summed E-state index contributed by atoms with van der Waals surface area (Å²) in [6, 6.07) is 10.8. The molecule has 0 unspecified atom stereocenters. The Balaban J connectivity index is 1.97. The van der Waals surface area contributed by atoms with Crippen molar-refractivity contribution in [2.75, 3.05) is 0 Å². The number of phenolic OH excluding ortho intramolecular Hbond substituents is 1. The molecular formula is C26H30O2S. The van der Waals surface area contributed by atoms with Gasteiger partial charge in [0, 0.05) is 16.0 Å². The molecule has 1 aliphatic rings. The fraction of sp³-hybridized carbons (Fsp3) is 0.385. The molecule has 0 aliphatic carbocycles. The number of aryl methyl sites for hydroxylation is 3. The molecule has 0 saturated heterocycles. The van der Waals surface area contributed by atoms with Gasteiger partial charge in [-0.25, -0.2) is 0 Å². The molecule has 2 aromatic carbocycles. The largest absolute Gasteiger partial charge is 0.506 e. The van der Waals surface area contributed by atoms with E-state index in [1.54, 1.807) is 11.3 Å². The fourth-order valence-corrected chi connectivity index (χ4v) is 5.34. The lowest BCUT2D eigenvalue weighted by Crippen LogP contribution is -2.29. The Hall–Kier alpha value is -2.26. The van der Waals surface area contributed by atoms with Gasteiger partial charge in [-0.2, -0.15) is 0 Å². The molecule has 2 heterocycles. The van der Waals surface area contributed by atoms with Gasteiger partial charge in [-0.1, -0.05) is 43.5 Å². The molecule has 3 heteroatoms. The smallest absolute Gasteiger partial charge is 0.136 e. The lowest BCUT2D eigenvalue weighted by molar-refractivity contribution is 0.105. The molecule has 29 heavy (non-hydrogen) atoms. The van der Waals surface area contributed by atoms with E-state index >= 15 is 0 Å². The van der Waals surface area contributed by atoms with E-state index in [2.05, 4.69) is 70.3 Å². The number of fused-ring (bicyclic) bond motifs is 3. The van der Waals surface area contributed by atoms with Crippen LogP contribution in [-0.4, -0.2) is 5.11 Å². The Kier molecular flexibility index (Phi) is 5.20. The zero-order chi connectivity index (χ0) is 20.8. The number of thiophene rings is 1. The molecule has 1 aliphatic heterocycles. The first-order chi connectivity index (χ1) is 13.8. The van der Waals surface area contributed by atoms with Gasteiger partial charge in [-0.3, -0.25) is 0 Å². The van der Waals surface area contributed by atoms with E-state index in [1.807, 2.05) is 0 Å². The van der Waals surface area contributed by atoms with E-state index in [4.69, 9.17) is 4.74 Å². The van der Waals surface area contributed by atoms with Crippen LogP contribution in [0.2, 0.25) is 0 Å². The normalized spacial score (nSPS) is 14.2. The van der Waals surface area contributed by atoms with Crippen LogP contribution in [0.1, 0.15) is 62.3 Å². The Labute approximate surface area is 178 Å². The summed E-state index contributed by atoms with van der Waals surface area (Å²) < 4.78 is 6.45. The van der Waals surface area contributed by atoms with Gasteiger partial charge < -0.3 is 9.84 Å². The van der Waals surface area contributed by atoms with Gasteiger partial charge in [-0.05, 0) is 74.7 Å². The van der Waals surface area contributed by atoms with Gasteiger partial charge >= 0.3 is 0 Å². The maximum Gasteiger partial charge on any atom is 0.136 e. The minimum absolute atomic E-state index is 0.359. The van der Waals surface area contributed by atoms with E-state index in [0.29, 0.717) is 5.75 Å². The van der Waals surface area contributed by atoms with Crippen molar-refractivity contribution in [2.24, 2.45) is 0 Å². The van der Waals surface area contributed by atoms with Gasteiger partial charge in [-0.15, -0.1) is 11.3 Å². The maximum atomic E-state index is 11.6. The predicted octanol–water partition coefficient (Wildman–Crippen LogP) is 7.76. The second-order valence-corrected chi connectivity index (χ2v) is 9.65. The molecule has 1 N–H and O–H groups in total. The van der Waals surface area contributed by atoms with Gasteiger partial charge in [0.05, 0.1) is 5.56 Å². The van der Waals surface area contributed by atoms with E-state index < -0.39 is 5.60 Å². The minimum atomic E-state index is -0.426. The molecule has 0 saturated carbocycles. The topological polar surface area (TPSA) is 29.5 Å². The van der Waals surface area contributed by atoms with Gasteiger partial charge in [0.25, 0.3) is 0 Å². The summed E-state index contributed by atoms with van der Waals surface area (Å²) in [5.41, 5.74) is 7.20. The number of hydrogen-bond acceptors (Lipinski definition) is 3. The van der Waals surface area contributed by atoms with Crippen molar-refractivity contribution < 1.29 is 9.84 Å². The van der Waals surface area contributed by atoms with Gasteiger partial charge in [0.1, 0.15) is 17.1 Å². The Morgan fingerprint density at radius 2 is 1.79 bits per heavy atom. The van der Waals surface area contributed by atoms with Crippen LogP contribution in [0.25, 0.3) is 21.6 Å². The zero-order valence-electron chi connectivity index (χ0n) is 18.1. The molecule has 2 nitrogen and oxygen atoms in total. The Bertz CT molecular complexity index is 1060. The molecule has 1 aromatic heterocycles. The maximum absolute atomic E-state index is 11.6. The van der Waals surface area contributed by atoms with Gasteiger partial charge in [0.15, 0.2) is 0 Å². The number of phenols is 1. The zero-order valence-corrected chi connectivity index (χ0v) is 18.9. The highest BCUT2D eigenvalue weighted by atomic mass is 32.1. The molecule has 3 aromatic rings. The van der Waals surface area contributed by atoms with Crippen molar-refractivity contribution in [3.63, 3.8) is 0 Å². The highest BCUT2D eigenvalue weighted by Crippen LogP contribution is 2.54. The van der Waals surface area contributed by atoms with E-state index in [0.717, 1.165) is 45.7 Å². The molecule has 152 valence electrons. The Morgan fingerprint density at radius 3 is 2.48 bits per heavy atom. The summed E-state index contributed by atoms with van der Waals surface area (Å²) in [5, 5.41) is 13.7. The van der Waals surface area contributed by atoms with Crippen LogP contribution in [-0.2, 0) is 12.0 Å². The van der Waals surface area contributed by atoms with Crippen LogP contribution in [0.4, 0.5) is 0 Å². The second-order valence-electron chi connectivity index (χ2n) is 8.74. The lowest BCUT2D eigenvalue weighted by atomic mass is 9.83. The number of rotatable bonds is 5. The fourth-order valence-electron chi connectivity index (χ4n) is 4.36. The third kappa shape index (κ3) is 3.57. The Morgan fingerprint density at radius 1 is 1.00 bits per heavy atom. The molecule has 0 spiro atoms. The minimum Gasteiger partial charge on any atom is -0.506 e. The van der Waals surface area contributed by atoms with Crippen molar-refractivity contribution >= 4 is 11.3 Å². The van der Waals surface area contributed by atoms with Crippen LogP contribution in [0.5, 0.6) is 11.5 Å². The summed E-state index contributed by atoms with van der Waals surface area (Å²) >= 11 is 1.70. The molecule has 0 radical (unpaired) electrons. The first-order valence-electron chi connectivity index (χ1n) is 10.6. The third-order valence-electron chi connectivity index (χ3n) is 5.83. The number of benzene rings is 2. The van der Waals surface area contributed by atoms with Gasteiger partial charge in [0.2, 0.25) is 0 Å². The average molecular weight is 407 g/mol. The summed E-state index contributed by atoms with van der Waals surface area (Å²) in [6.07, 6.45) is 4.44. The van der Waals surface area contributed by atoms with Crippen LogP contribution in [0, 0.1) is 13.8 Å². The SMILES string of the molecule is CCCCCc1cc2c(c(O)c1-c1cc(C)cs1)-c1cc(C)ccc1C(C)(C)O2. The summed E-state index contributed by atoms with van der Waals surface area (Å²) in [6.45, 7) is 10.6. The quantitative estimate of drug-likeness (QED) is 0.439. The van der Waals surface area contributed by atoms with Crippen molar-refractivity contribution in [1.82, 2.24) is 0 Å². The lowest BCUT2D eigenvalue weighted by Gasteiger charge is -2.36. The van der Waals surface area contributed by atoms with Crippen LogP contribution >= 0.6 is 11.3 Å². The first kappa shape index (κ1) is 20.0. The van der Waals surface area contributed by atoms with Crippen molar-refractivity contribution in [1.29, 1.82) is 0 Å². The van der Waals surface area contributed by atoms with E-state index in [-0.39, 0.29) is 0 Å². The van der Waals surface area contributed by atoms with Crippen molar-refractivity contribution in [3.05, 3.63) is 58.0 Å². The predicted molar refractivity (Wildman–Crippen MR) is 123 cm³/mol. The van der Waals surface area contributed by atoms with Crippen molar-refractivity contribution in [2.45, 2.75) is 65.9 Å². The van der Waals surface area contributed by atoms with E-state index in [1.165, 1.54) is 29.5 Å². The standard InChI is InChI=1S/C26H30O2S/c1-6-7-8-9-18-14-21-24(25(27)23(18)22-13-17(3)15-29-22)19-12-16(2)10-11-20(19)26(4,5)28-21/h10-15,27H,6-9H2,1-5H3. The molecule has 0 bridgehead atoms. The van der Waals surface area contributed by atoms with Crippen LogP contribution in [0.3, 0.4) is 0 Å². The second kappa shape index (κ2) is 7.53. The molecular weight excluding hydrogens is 376 g/mol. The number of ether oxygens (including phenoxy) is 1. The average Bonchev–Trinajstić information content (AvgIpc) is 3.06. The highest BCUT2D eigenvalue weighted by Gasteiger charge is 2.35. The van der Waals surface area contributed by atoms with Crippen molar-refractivity contribution in [3.8, 4) is 33.1 Å². The summed E-state index contributed by atoms with van der Waals surface area (Å²) in [7, 11) is 0. The molecule has 0 atom stereocenters. The van der Waals surface area contributed by atoms with Crippen LogP contribution in [0.15, 0.2) is 35.7 Å². The first-order valence-corrected chi connectivity index (χ1v) is 11.4. The molecule has 4 rings (SSSR count). The number of unbranched alkanes of at least 4 members (excludes halogenated alkanes) is 2. The third-order valence-corrected chi connectivity index (χ3v) is 6.90. The number of aromatic hydroxyl groups is 1. The van der Waals surface area contributed by atoms with Crippen LogP contribution < -0.4 is 4.74 Å². The number of hydrogen-bond donors (Lipinski definition) is 1. The highest BCUT2D eigenvalue weighted by molar-refractivity contribution is 7.13. The summed E-state index contributed by atoms with van der Waals surface area (Å²) in [4.78, 5) is 1.13. The molecule has 0 fully saturated rings. The molecule has 0 amide bonds. The summed E-state index contributed by atoms with van der Waals surface area (Å²) in [5.74, 6) is 1.16. The van der Waals surface area contributed by atoms with E-state index in [9.17, 15) is 5.11 Å². The monoisotopic (exact) mass is 406 g/mol.